The van der Waals surface area contributed by atoms with Crippen molar-refractivity contribution in [2.24, 2.45) is 0 Å². The fourth-order valence-electron chi connectivity index (χ4n) is 3.44. The second-order valence-electron chi connectivity index (χ2n) is 7.31. The molecule has 0 aromatic heterocycles. The van der Waals surface area contributed by atoms with Gasteiger partial charge < -0.3 is 15.0 Å². The van der Waals surface area contributed by atoms with Crippen molar-refractivity contribution in [1.82, 2.24) is 4.90 Å². The van der Waals surface area contributed by atoms with Gasteiger partial charge in [0.05, 0.1) is 23.0 Å². The number of benzene rings is 2. The summed E-state index contributed by atoms with van der Waals surface area (Å²) < 4.78 is 5.34. The first-order chi connectivity index (χ1) is 15.9. The number of nitro groups is 1. The van der Waals surface area contributed by atoms with E-state index < -0.39 is 28.5 Å². The molecule has 170 valence electrons. The van der Waals surface area contributed by atoms with Crippen molar-refractivity contribution in [1.29, 1.82) is 0 Å². The van der Waals surface area contributed by atoms with Crippen LogP contribution in [0, 0.1) is 10.1 Å². The van der Waals surface area contributed by atoms with Gasteiger partial charge in [-0.15, -0.1) is 0 Å². The largest absolute Gasteiger partial charge is 0.378 e. The van der Waals surface area contributed by atoms with Crippen LogP contribution in [0.2, 0.25) is 0 Å². The molecule has 2 aliphatic heterocycles. The Kier molecular flexibility index (Phi) is 6.71. The number of hydrogen-bond donors (Lipinski definition) is 1. The van der Waals surface area contributed by atoms with E-state index in [9.17, 15) is 24.5 Å². The van der Waals surface area contributed by atoms with Gasteiger partial charge in [-0.25, -0.2) is 0 Å². The minimum absolute atomic E-state index is 0.100. The Labute approximate surface area is 193 Å². The van der Waals surface area contributed by atoms with Crippen molar-refractivity contribution in [3.05, 3.63) is 69.1 Å². The van der Waals surface area contributed by atoms with E-state index in [0.717, 1.165) is 23.7 Å². The zero-order valence-corrected chi connectivity index (χ0v) is 18.2. The van der Waals surface area contributed by atoms with Crippen molar-refractivity contribution >= 4 is 52.0 Å². The lowest BCUT2D eigenvalue weighted by Gasteiger charge is -2.28. The van der Waals surface area contributed by atoms with E-state index in [-0.39, 0.29) is 10.6 Å². The number of amides is 3. The summed E-state index contributed by atoms with van der Waals surface area (Å²) >= 11 is 0.690. The lowest BCUT2D eigenvalue weighted by Crippen LogP contribution is -2.36. The first-order valence-corrected chi connectivity index (χ1v) is 10.9. The van der Waals surface area contributed by atoms with Crippen LogP contribution in [-0.4, -0.2) is 59.7 Å². The molecule has 4 rings (SSSR count). The van der Waals surface area contributed by atoms with Gasteiger partial charge >= 0.3 is 0 Å². The number of thioether (sulfide) groups is 1. The average molecular weight is 468 g/mol. The number of carbonyl (C=O) groups is 3. The van der Waals surface area contributed by atoms with Gasteiger partial charge in [0.25, 0.3) is 16.8 Å². The normalized spacial score (nSPS) is 17.5. The highest BCUT2D eigenvalue weighted by atomic mass is 32.2. The SMILES string of the molecule is O=C(CN1C(=O)S/C(=C/c2cccc([N+](=O)[O-])c2)C1=O)Nc1ccc(N2CCOCC2)cc1. The Morgan fingerprint density at radius 3 is 2.58 bits per heavy atom. The van der Waals surface area contributed by atoms with Crippen LogP contribution >= 0.6 is 11.8 Å². The van der Waals surface area contributed by atoms with Gasteiger partial charge in [-0.3, -0.25) is 29.4 Å². The maximum Gasteiger partial charge on any atom is 0.294 e. The maximum atomic E-state index is 12.6. The summed E-state index contributed by atoms with van der Waals surface area (Å²) in [5.41, 5.74) is 1.87. The molecule has 11 heteroatoms. The Hall–Kier alpha value is -3.70. The summed E-state index contributed by atoms with van der Waals surface area (Å²) in [5.74, 6) is -1.12. The molecule has 10 nitrogen and oxygen atoms in total. The third-order valence-corrected chi connectivity index (χ3v) is 5.99. The van der Waals surface area contributed by atoms with Crippen LogP contribution in [0.4, 0.5) is 21.9 Å². The van der Waals surface area contributed by atoms with E-state index in [0.29, 0.717) is 36.2 Å². The fraction of sp³-hybridized carbons (Fsp3) is 0.227. The van der Waals surface area contributed by atoms with Crippen LogP contribution in [0.3, 0.4) is 0 Å². The fourth-order valence-corrected chi connectivity index (χ4v) is 4.28. The van der Waals surface area contributed by atoms with E-state index in [1.807, 2.05) is 12.1 Å². The molecular formula is C22H20N4O6S. The third-order valence-electron chi connectivity index (χ3n) is 5.08. The highest BCUT2D eigenvalue weighted by Gasteiger charge is 2.36. The Morgan fingerprint density at radius 1 is 1.15 bits per heavy atom. The summed E-state index contributed by atoms with van der Waals surface area (Å²) in [7, 11) is 0. The number of anilines is 2. The maximum absolute atomic E-state index is 12.6. The molecular weight excluding hydrogens is 448 g/mol. The molecule has 3 amide bonds. The number of nitro benzene ring substituents is 1. The predicted octanol–water partition coefficient (Wildman–Crippen LogP) is 3.11. The molecule has 2 saturated heterocycles. The smallest absolute Gasteiger partial charge is 0.294 e. The van der Waals surface area contributed by atoms with Gasteiger partial charge in [-0.2, -0.15) is 0 Å². The number of ether oxygens (including phenoxy) is 1. The molecule has 0 radical (unpaired) electrons. The van der Waals surface area contributed by atoms with Gasteiger partial charge in [-0.05, 0) is 47.7 Å². The molecule has 1 N–H and O–H groups in total. The Bertz CT molecular complexity index is 1130. The average Bonchev–Trinajstić information content (AvgIpc) is 3.07. The van der Waals surface area contributed by atoms with Crippen LogP contribution in [-0.2, 0) is 14.3 Å². The zero-order chi connectivity index (χ0) is 23.4. The van der Waals surface area contributed by atoms with E-state index in [1.165, 1.54) is 24.3 Å². The summed E-state index contributed by atoms with van der Waals surface area (Å²) in [6.45, 7) is 2.52. The Balaban J connectivity index is 1.38. The number of hydrogen-bond acceptors (Lipinski definition) is 8. The van der Waals surface area contributed by atoms with Crippen molar-refractivity contribution < 1.29 is 24.0 Å². The molecule has 0 atom stereocenters. The molecule has 0 saturated carbocycles. The third kappa shape index (κ3) is 5.38. The topological polar surface area (TPSA) is 122 Å². The van der Waals surface area contributed by atoms with Crippen molar-refractivity contribution in [3.8, 4) is 0 Å². The molecule has 0 bridgehead atoms. The molecule has 33 heavy (non-hydrogen) atoms. The number of nitrogens with zero attached hydrogens (tertiary/aromatic N) is 3. The molecule has 2 aromatic rings. The zero-order valence-electron chi connectivity index (χ0n) is 17.4. The lowest BCUT2D eigenvalue weighted by molar-refractivity contribution is -0.384. The number of imide groups is 1. The molecule has 2 heterocycles. The predicted molar refractivity (Wildman–Crippen MR) is 124 cm³/mol. The summed E-state index contributed by atoms with van der Waals surface area (Å²) in [4.78, 5) is 50.9. The van der Waals surface area contributed by atoms with Crippen LogP contribution < -0.4 is 10.2 Å². The molecule has 0 spiro atoms. The minimum atomic E-state index is -0.616. The van der Waals surface area contributed by atoms with Crippen molar-refractivity contribution in [2.45, 2.75) is 0 Å². The minimum Gasteiger partial charge on any atom is -0.378 e. The molecule has 2 fully saturated rings. The van der Waals surface area contributed by atoms with E-state index >= 15 is 0 Å². The van der Waals surface area contributed by atoms with Gasteiger partial charge in [-0.1, -0.05) is 12.1 Å². The second-order valence-corrected chi connectivity index (χ2v) is 8.31. The summed E-state index contributed by atoms with van der Waals surface area (Å²) in [5, 5.41) is 13.0. The van der Waals surface area contributed by atoms with Crippen molar-refractivity contribution in [2.75, 3.05) is 43.1 Å². The van der Waals surface area contributed by atoms with E-state index in [2.05, 4.69) is 10.2 Å². The highest BCUT2D eigenvalue weighted by molar-refractivity contribution is 8.18. The molecule has 2 aliphatic rings. The van der Waals surface area contributed by atoms with Gasteiger partial charge in [0.1, 0.15) is 6.54 Å². The number of nitrogens with one attached hydrogen (secondary N) is 1. The van der Waals surface area contributed by atoms with Crippen LogP contribution in [0.1, 0.15) is 5.56 Å². The van der Waals surface area contributed by atoms with Crippen LogP contribution in [0.25, 0.3) is 6.08 Å². The molecule has 2 aromatic carbocycles. The highest BCUT2D eigenvalue weighted by Crippen LogP contribution is 2.32. The lowest BCUT2D eigenvalue weighted by atomic mass is 10.2. The standard InChI is InChI=1S/C22H20N4O6S/c27-20(23-16-4-6-17(7-5-16)24-8-10-32-11-9-24)14-25-21(28)19(33-22(25)29)13-15-2-1-3-18(12-15)26(30)31/h1-7,12-13H,8-11,14H2,(H,23,27)/b19-13+. The van der Waals surface area contributed by atoms with Crippen LogP contribution in [0.15, 0.2) is 53.4 Å². The number of non-ortho nitro benzene ring substituents is 1. The number of carbonyl (C=O) groups excluding carboxylic acids is 3. The number of morpholine rings is 1. The summed E-state index contributed by atoms with van der Waals surface area (Å²) in [6, 6.07) is 13.0. The first kappa shape index (κ1) is 22.5. The first-order valence-electron chi connectivity index (χ1n) is 10.1. The van der Waals surface area contributed by atoms with Crippen molar-refractivity contribution in [3.63, 3.8) is 0 Å². The Morgan fingerprint density at radius 2 is 1.88 bits per heavy atom. The second kappa shape index (κ2) is 9.84. The van der Waals surface area contributed by atoms with Gasteiger partial charge in [0.15, 0.2) is 0 Å². The quantitative estimate of drug-likeness (QED) is 0.390. The van der Waals surface area contributed by atoms with Gasteiger partial charge in [0.2, 0.25) is 5.91 Å². The summed E-state index contributed by atoms with van der Waals surface area (Å²) in [6.07, 6.45) is 1.40. The van der Waals surface area contributed by atoms with Gasteiger partial charge in [0, 0.05) is 36.6 Å². The van der Waals surface area contributed by atoms with E-state index in [1.54, 1.807) is 18.2 Å². The molecule has 0 unspecified atom stereocenters. The monoisotopic (exact) mass is 468 g/mol. The number of rotatable bonds is 6. The molecule has 0 aliphatic carbocycles. The van der Waals surface area contributed by atoms with E-state index in [4.69, 9.17) is 4.74 Å². The van der Waals surface area contributed by atoms with Crippen LogP contribution in [0.5, 0.6) is 0 Å².